The van der Waals surface area contributed by atoms with Crippen molar-refractivity contribution in [2.75, 3.05) is 19.6 Å². The van der Waals surface area contributed by atoms with Gasteiger partial charge in [0.1, 0.15) is 6.04 Å². The molecule has 1 aliphatic heterocycles. The molecule has 37 heavy (non-hydrogen) atoms. The summed E-state index contributed by atoms with van der Waals surface area (Å²) in [6.45, 7) is 2.01. The Morgan fingerprint density at radius 2 is 1.43 bits per heavy atom. The molecule has 1 unspecified atom stereocenters. The van der Waals surface area contributed by atoms with E-state index in [1.54, 1.807) is 53.5 Å². The van der Waals surface area contributed by atoms with E-state index in [0.717, 1.165) is 6.42 Å². The molecule has 0 spiro atoms. The van der Waals surface area contributed by atoms with E-state index < -0.39 is 6.04 Å². The maximum Gasteiger partial charge on any atom is 0.245 e. The number of nitrogens with two attached hydrogens (primary N) is 1. The highest BCUT2D eigenvalue weighted by Gasteiger charge is 2.33. The number of hydrogen-bond acceptors (Lipinski definition) is 4. The molecule has 1 heterocycles. The van der Waals surface area contributed by atoms with Crippen LogP contribution in [0.25, 0.3) is 12.2 Å². The van der Waals surface area contributed by atoms with Gasteiger partial charge in [-0.05, 0) is 73.4 Å². The van der Waals surface area contributed by atoms with Crippen LogP contribution in [0.15, 0.2) is 47.5 Å². The molecule has 0 radical (unpaired) electrons. The Labute approximate surface area is 236 Å². The number of rotatable bonds is 8. The molecule has 3 rings (SSSR count). The quantitative estimate of drug-likeness (QED) is 0.303. The molecule has 0 aliphatic carbocycles. The predicted octanol–water partition coefficient (Wildman–Crippen LogP) is 5.81. The monoisotopic (exact) mass is 581 g/mol. The van der Waals surface area contributed by atoms with Gasteiger partial charge in [-0.2, -0.15) is 0 Å². The number of nitrogens with zero attached hydrogens (tertiary/aromatic N) is 1. The number of likely N-dealkylation sites (tertiary alicyclic amines) is 1. The van der Waals surface area contributed by atoms with Gasteiger partial charge in [-0.3, -0.25) is 14.4 Å². The molecule has 196 valence electrons. The maximum absolute atomic E-state index is 13.6. The second-order valence-corrected chi connectivity index (χ2v) is 10.4. The van der Waals surface area contributed by atoms with Gasteiger partial charge in [0.2, 0.25) is 11.8 Å². The number of halogens is 4. The number of nitrogens with one attached hydrogen (secondary N) is 1. The maximum atomic E-state index is 13.6. The van der Waals surface area contributed by atoms with E-state index in [4.69, 9.17) is 52.1 Å². The van der Waals surface area contributed by atoms with Crippen LogP contribution in [0.4, 0.5) is 0 Å². The van der Waals surface area contributed by atoms with Crippen molar-refractivity contribution in [1.29, 1.82) is 0 Å². The van der Waals surface area contributed by atoms with Crippen LogP contribution in [0.3, 0.4) is 0 Å². The third-order valence-corrected chi connectivity index (χ3v) is 7.29. The SMILES string of the molecule is CC(=O)NC(CCCCN)C(=O)N1C/C(=C\c2ccc(Cl)c(Cl)c2)C(=O)/C(=C/c2ccc(Cl)c(Cl)c2)C1. The number of hydrogen-bond donors (Lipinski definition) is 2. The fraction of sp³-hybridized carbons (Fsp3) is 0.296. The molecule has 1 atom stereocenters. The van der Waals surface area contributed by atoms with Gasteiger partial charge in [0.25, 0.3) is 0 Å². The normalized spacial score (nSPS) is 16.8. The summed E-state index contributed by atoms with van der Waals surface area (Å²) >= 11 is 24.4. The lowest BCUT2D eigenvalue weighted by Gasteiger charge is -2.33. The van der Waals surface area contributed by atoms with Crippen LogP contribution < -0.4 is 11.1 Å². The van der Waals surface area contributed by atoms with E-state index in [-0.39, 0.29) is 30.7 Å². The topological polar surface area (TPSA) is 92.5 Å². The van der Waals surface area contributed by atoms with Crippen molar-refractivity contribution in [1.82, 2.24) is 10.2 Å². The summed E-state index contributed by atoms with van der Waals surface area (Å²) < 4.78 is 0. The molecule has 1 aliphatic rings. The number of ketones is 1. The molecule has 2 aromatic carbocycles. The zero-order chi connectivity index (χ0) is 27.1. The van der Waals surface area contributed by atoms with Crippen LogP contribution in [0.5, 0.6) is 0 Å². The highest BCUT2D eigenvalue weighted by molar-refractivity contribution is 6.42. The van der Waals surface area contributed by atoms with Crippen LogP contribution in [0, 0.1) is 0 Å². The molecule has 3 N–H and O–H groups in total. The zero-order valence-electron chi connectivity index (χ0n) is 20.2. The summed E-state index contributed by atoms with van der Waals surface area (Å²) in [5.74, 6) is -0.794. The van der Waals surface area contributed by atoms with E-state index in [1.165, 1.54) is 6.92 Å². The molecule has 0 saturated carbocycles. The molecular formula is C27H27Cl4N3O3. The zero-order valence-corrected chi connectivity index (χ0v) is 23.2. The van der Waals surface area contributed by atoms with Crippen LogP contribution in [0.2, 0.25) is 20.1 Å². The molecule has 0 bridgehead atoms. The van der Waals surface area contributed by atoms with Gasteiger partial charge >= 0.3 is 0 Å². The summed E-state index contributed by atoms with van der Waals surface area (Å²) in [4.78, 5) is 40.4. The van der Waals surface area contributed by atoms with Gasteiger partial charge in [0, 0.05) is 31.2 Å². The lowest BCUT2D eigenvalue weighted by atomic mass is 9.93. The molecular weight excluding hydrogens is 556 g/mol. The summed E-state index contributed by atoms with van der Waals surface area (Å²) in [7, 11) is 0. The fourth-order valence-corrected chi connectivity index (χ4v) is 4.63. The first-order chi connectivity index (χ1) is 17.6. The van der Waals surface area contributed by atoms with E-state index >= 15 is 0 Å². The molecule has 2 aromatic rings. The Bertz CT molecular complexity index is 1190. The Hall–Kier alpha value is -2.35. The van der Waals surface area contributed by atoms with Crippen molar-refractivity contribution < 1.29 is 14.4 Å². The number of carbonyl (C=O) groups excluding carboxylic acids is 3. The minimum Gasteiger partial charge on any atom is -0.345 e. The minimum atomic E-state index is -0.727. The van der Waals surface area contributed by atoms with Crippen molar-refractivity contribution in [2.24, 2.45) is 5.73 Å². The predicted molar refractivity (Wildman–Crippen MR) is 151 cm³/mol. The van der Waals surface area contributed by atoms with Crippen molar-refractivity contribution in [3.63, 3.8) is 0 Å². The molecule has 1 fully saturated rings. The first kappa shape index (κ1) is 29.2. The largest absolute Gasteiger partial charge is 0.345 e. The molecule has 1 saturated heterocycles. The van der Waals surface area contributed by atoms with Gasteiger partial charge in [0.05, 0.1) is 20.1 Å². The average molecular weight is 583 g/mol. The standard InChI is InChI=1S/C27H27Cl4N3O3/c1-16(35)33-25(4-2-3-9-32)27(37)34-14-19(10-17-5-7-21(28)23(30)12-17)26(36)20(15-34)11-18-6-8-22(29)24(31)13-18/h5-8,10-13,25H,2-4,9,14-15,32H2,1H3,(H,33,35)/b19-10+,20-11+. The van der Waals surface area contributed by atoms with Gasteiger partial charge in [0.15, 0.2) is 5.78 Å². The third kappa shape index (κ3) is 8.06. The Morgan fingerprint density at radius 1 is 0.919 bits per heavy atom. The number of benzene rings is 2. The second kappa shape index (κ2) is 13.4. The summed E-state index contributed by atoms with van der Waals surface area (Å²) in [5.41, 5.74) is 7.73. The number of carbonyl (C=O) groups is 3. The highest BCUT2D eigenvalue weighted by atomic mass is 35.5. The fourth-order valence-electron chi connectivity index (χ4n) is 4.02. The number of unbranched alkanes of at least 4 members (excludes halogenated alkanes) is 1. The van der Waals surface area contributed by atoms with E-state index in [0.29, 0.717) is 61.8 Å². The molecule has 10 heteroatoms. The van der Waals surface area contributed by atoms with Crippen LogP contribution in [-0.2, 0) is 14.4 Å². The number of amides is 2. The van der Waals surface area contributed by atoms with Gasteiger partial charge in [-0.1, -0.05) is 58.5 Å². The van der Waals surface area contributed by atoms with Crippen LogP contribution >= 0.6 is 46.4 Å². The average Bonchev–Trinajstić information content (AvgIpc) is 2.85. The summed E-state index contributed by atoms with van der Waals surface area (Å²) in [6.07, 6.45) is 5.23. The summed E-state index contributed by atoms with van der Waals surface area (Å²) in [5, 5.41) is 4.24. The second-order valence-electron chi connectivity index (χ2n) is 8.75. The van der Waals surface area contributed by atoms with Crippen LogP contribution in [0.1, 0.15) is 37.3 Å². The van der Waals surface area contributed by atoms with E-state index in [9.17, 15) is 14.4 Å². The smallest absolute Gasteiger partial charge is 0.245 e. The third-order valence-electron chi connectivity index (χ3n) is 5.81. The first-order valence-electron chi connectivity index (χ1n) is 11.7. The van der Waals surface area contributed by atoms with Crippen molar-refractivity contribution in [2.45, 2.75) is 32.2 Å². The lowest BCUT2D eigenvalue weighted by molar-refractivity contribution is -0.136. The van der Waals surface area contributed by atoms with Crippen molar-refractivity contribution in [3.05, 3.63) is 78.8 Å². The first-order valence-corrected chi connectivity index (χ1v) is 13.2. The highest BCUT2D eigenvalue weighted by Crippen LogP contribution is 2.28. The van der Waals surface area contributed by atoms with Crippen LogP contribution in [-0.4, -0.2) is 48.2 Å². The Balaban J connectivity index is 2.00. The van der Waals surface area contributed by atoms with Crippen molar-refractivity contribution in [3.8, 4) is 0 Å². The molecule has 2 amide bonds. The number of Topliss-reactive ketones (excluding diaryl/α,β-unsaturated/α-hetero) is 1. The lowest BCUT2D eigenvalue weighted by Crippen LogP contribution is -2.51. The van der Waals surface area contributed by atoms with Gasteiger partial charge in [-0.25, -0.2) is 0 Å². The van der Waals surface area contributed by atoms with Gasteiger partial charge < -0.3 is 16.0 Å². The Kier molecular flexibility index (Phi) is 10.6. The minimum absolute atomic E-state index is 0.0730. The van der Waals surface area contributed by atoms with E-state index in [2.05, 4.69) is 5.32 Å². The summed E-state index contributed by atoms with van der Waals surface area (Å²) in [6, 6.07) is 9.34. The van der Waals surface area contributed by atoms with Crippen molar-refractivity contribution >= 4 is 76.2 Å². The molecule has 0 aromatic heterocycles. The van der Waals surface area contributed by atoms with Gasteiger partial charge in [-0.15, -0.1) is 0 Å². The Morgan fingerprint density at radius 3 is 1.86 bits per heavy atom. The van der Waals surface area contributed by atoms with E-state index in [1.807, 2.05) is 0 Å². The molecule has 6 nitrogen and oxygen atoms in total. The number of piperidine rings is 1.